The van der Waals surface area contributed by atoms with E-state index < -0.39 is 5.97 Å². The Kier molecular flexibility index (Phi) is 4.49. The van der Waals surface area contributed by atoms with Gasteiger partial charge in [-0.1, -0.05) is 0 Å². The van der Waals surface area contributed by atoms with Crippen LogP contribution in [0.2, 0.25) is 0 Å². The van der Waals surface area contributed by atoms with E-state index in [9.17, 15) is 9.59 Å². The van der Waals surface area contributed by atoms with Gasteiger partial charge in [0.05, 0.1) is 25.0 Å². The number of amides is 1. The fraction of sp³-hybridized carbons (Fsp3) is 0.375. The van der Waals surface area contributed by atoms with Crippen molar-refractivity contribution in [2.75, 3.05) is 25.2 Å². The van der Waals surface area contributed by atoms with Crippen molar-refractivity contribution >= 4 is 17.6 Å². The van der Waals surface area contributed by atoms with Crippen LogP contribution in [0.5, 0.6) is 5.75 Å². The topological polar surface area (TPSA) is 55.8 Å². The van der Waals surface area contributed by atoms with E-state index in [0.29, 0.717) is 30.0 Å². The van der Waals surface area contributed by atoms with Gasteiger partial charge in [-0.05, 0) is 25.1 Å². The number of methoxy groups -OCH3 is 1. The number of terminal acetylenes is 1. The number of nitrogens with zero attached hydrogens (tertiary/aromatic N) is 1. The molecule has 1 unspecified atom stereocenters. The molecule has 1 aliphatic rings. The number of hydrogen-bond acceptors (Lipinski definition) is 4. The zero-order chi connectivity index (χ0) is 15.4. The third kappa shape index (κ3) is 3.00. The van der Waals surface area contributed by atoms with E-state index in [1.807, 2.05) is 0 Å². The molecule has 0 N–H and O–H groups in total. The molecule has 0 spiro atoms. The van der Waals surface area contributed by atoms with E-state index in [2.05, 4.69) is 5.92 Å². The maximum Gasteiger partial charge on any atom is 0.340 e. The number of carbonyl (C=O) groups is 2. The number of esters is 1. The van der Waals surface area contributed by atoms with Gasteiger partial charge in [0.1, 0.15) is 5.75 Å². The minimum Gasteiger partial charge on any atom is -0.497 e. The summed E-state index contributed by atoms with van der Waals surface area (Å²) >= 11 is 0. The van der Waals surface area contributed by atoms with Crippen molar-refractivity contribution in [3.05, 3.63) is 23.8 Å². The van der Waals surface area contributed by atoms with E-state index in [1.54, 1.807) is 25.1 Å². The summed E-state index contributed by atoms with van der Waals surface area (Å²) in [6.45, 7) is 2.40. The maximum absolute atomic E-state index is 12.1. The van der Waals surface area contributed by atoms with Crippen LogP contribution in [0, 0.1) is 18.3 Å². The van der Waals surface area contributed by atoms with Crippen molar-refractivity contribution in [2.24, 2.45) is 5.92 Å². The van der Waals surface area contributed by atoms with Crippen molar-refractivity contribution in [2.45, 2.75) is 13.3 Å². The summed E-state index contributed by atoms with van der Waals surface area (Å²) in [7, 11) is 1.51. The lowest BCUT2D eigenvalue weighted by Gasteiger charge is -2.19. The standard InChI is InChI=1S/C16H17NO4/c1-4-11-8-15(18)17(10-11)14-7-6-12(20-3)9-13(14)16(19)21-5-2/h1,6-7,9,11H,5,8,10H2,2-3H3. The summed E-state index contributed by atoms with van der Waals surface area (Å²) in [5.74, 6) is 2.41. The zero-order valence-electron chi connectivity index (χ0n) is 12.1. The first-order valence-electron chi connectivity index (χ1n) is 6.72. The summed E-state index contributed by atoms with van der Waals surface area (Å²) in [5.41, 5.74) is 0.819. The van der Waals surface area contributed by atoms with Crippen LogP contribution in [-0.4, -0.2) is 32.1 Å². The Balaban J connectivity index is 2.41. The molecule has 1 aromatic rings. The number of ether oxygens (including phenoxy) is 2. The molecule has 5 nitrogen and oxygen atoms in total. The van der Waals surface area contributed by atoms with Gasteiger partial charge < -0.3 is 14.4 Å². The molecule has 110 valence electrons. The van der Waals surface area contributed by atoms with Crippen LogP contribution in [-0.2, 0) is 9.53 Å². The summed E-state index contributed by atoms with van der Waals surface area (Å²) in [6.07, 6.45) is 5.68. The first kappa shape index (κ1) is 14.9. The second-order valence-corrected chi connectivity index (χ2v) is 4.68. The number of rotatable bonds is 4. The molecule has 1 aliphatic heterocycles. The van der Waals surface area contributed by atoms with Gasteiger partial charge in [-0.15, -0.1) is 12.3 Å². The minimum absolute atomic E-state index is 0.0892. The summed E-state index contributed by atoms with van der Waals surface area (Å²) in [4.78, 5) is 25.7. The Morgan fingerprint density at radius 2 is 2.29 bits per heavy atom. The molecule has 1 atom stereocenters. The zero-order valence-corrected chi connectivity index (χ0v) is 12.1. The number of carbonyl (C=O) groups excluding carboxylic acids is 2. The molecule has 1 saturated heterocycles. The SMILES string of the molecule is C#CC1CC(=O)N(c2ccc(OC)cc2C(=O)OCC)C1. The fourth-order valence-corrected chi connectivity index (χ4v) is 2.30. The molecular weight excluding hydrogens is 270 g/mol. The molecule has 1 fully saturated rings. The Labute approximate surface area is 123 Å². The highest BCUT2D eigenvalue weighted by molar-refractivity contribution is 6.04. The molecule has 0 saturated carbocycles. The lowest BCUT2D eigenvalue weighted by Crippen LogP contribution is -2.26. The van der Waals surface area contributed by atoms with Gasteiger partial charge in [0, 0.05) is 18.9 Å². The maximum atomic E-state index is 12.1. The molecule has 0 bridgehead atoms. The number of benzene rings is 1. The minimum atomic E-state index is -0.483. The van der Waals surface area contributed by atoms with Gasteiger partial charge in [0.2, 0.25) is 5.91 Å². The predicted molar refractivity (Wildman–Crippen MR) is 78.2 cm³/mol. The van der Waals surface area contributed by atoms with E-state index in [1.165, 1.54) is 12.0 Å². The van der Waals surface area contributed by atoms with E-state index in [-0.39, 0.29) is 18.4 Å². The Morgan fingerprint density at radius 1 is 1.52 bits per heavy atom. The van der Waals surface area contributed by atoms with Crippen molar-refractivity contribution in [3.63, 3.8) is 0 Å². The Bertz CT molecular complexity index is 603. The van der Waals surface area contributed by atoms with Gasteiger partial charge in [-0.25, -0.2) is 4.79 Å². The van der Waals surface area contributed by atoms with Crippen molar-refractivity contribution < 1.29 is 19.1 Å². The van der Waals surface area contributed by atoms with Crippen molar-refractivity contribution in [1.82, 2.24) is 0 Å². The van der Waals surface area contributed by atoms with Crippen LogP contribution in [0.15, 0.2) is 18.2 Å². The lowest BCUT2D eigenvalue weighted by atomic mass is 10.1. The number of hydrogen-bond donors (Lipinski definition) is 0. The largest absolute Gasteiger partial charge is 0.497 e. The summed E-state index contributed by atoms with van der Waals surface area (Å²) in [5, 5.41) is 0. The van der Waals surface area contributed by atoms with Gasteiger partial charge >= 0.3 is 5.97 Å². The van der Waals surface area contributed by atoms with E-state index in [4.69, 9.17) is 15.9 Å². The third-order valence-electron chi connectivity index (χ3n) is 3.35. The highest BCUT2D eigenvalue weighted by atomic mass is 16.5. The van der Waals surface area contributed by atoms with Gasteiger partial charge in [0.25, 0.3) is 0 Å². The van der Waals surface area contributed by atoms with Gasteiger partial charge in [0.15, 0.2) is 0 Å². The first-order valence-corrected chi connectivity index (χ1v) is 6.72. The first-order chi connectivity index (χ1) is 10.1. The highest BCUT2D eigenvalue weighted by Crippen LogP contribution is 2.31. The molecule has 5 heteroatoms. The lowest BCUT2D eigenvalue weighted by molar-refractivity contribution is -0.117. The second kappa shape index (κ2) is 6.31. The van der Waals surface area contributed by atoms with Gasteiger partial charge in [-0.3, -0.25) is 4.79 Å². The number of anilines is 1. The highest BCUT2D eigenvalue weighted by Gasteiger charge is 2.32. The van der Waals surface area contributed by atoms with Gasteiger partial charge in [-0.2, -0.15) is 0 Å². The Morgan fingerprint density at radius 3 is 2.86 bits per heavy atom. The molecule has 0 aromatic heterocycles. The third-order valence-corrected chi connectivity index (χ3v) is 3.35. The quantitative estimate of drug-likeness (QED) is 0.626. The second-order valence-electron chi connectivity index (χ2n) is 4.68. The van der Waals surface area contributed by atoms with Crippen molar-refractivity contribution in [1.29, 1.82) is 0 Å². The molecule has 21 heavy (non-hydrogen) atoms. The average molecular weight is 287 g/mol. The van der Waals surface area contributed by atoms with Crippen LogP contribution in [0.3, 0.4) is 0 Å². The molecule has 0 aliphatic carbocycles. The molecule has 2 rings (SSSR count). The fourth-order valence-electron chi connectivity index (χ4n) is 2.30. The molecule has 1 heterocycles. The van der Waals surface area contributed by atoms with Crippen LogP contribution >= 0.6 is 0 Å². The summed E-state index contributed by atoms with van der Waals surface area (Å²) < 4.78 is 10.2. The molecule has 0 radical (unpaired) electrons. The predicted octanol–water partition coefficient (Wildman–Crippen LogP) is 1.86. The molecule has 1 aromatic carbocycles. The van der Waals surface area contributed by atoms with E-state index in [0.717, 1.165) is 0 Å². The molecular formula is C16H17NO4. The van der Waals surface area contributed by atoms with Crippen LogP contribution in [0.25, 0.3) is 0 Å². The normalized spacial score (nSPS) is 17.5. The Hall–Kier alpha value is -2.48. The van der Waals surface area contributed by atoms with Crippen LogP contribution in [0.1, 0.15) is 23.7 Å². The summed E-state index contributed by atoms with van der Waals surface area (Å²) in [6, 6.07) is 4.96. The molecule has 1 amide bonds. The van der Waals surface area contributed by atoms with Crippen molar-refractivity contribution in [3.8, 4) is 18.1 Å². The monoisotopic (exact) mass is 287 g/mol. The smallest absolute Gasteiger partial charge is 0.340 e. The van der Waals surface area contributed by atoms with E-state index >= 15 is 0 Å². The van der Waals surface area contributed by atoms with Crippen LogP contribution < -0.4 is 9.64 Å². The van der Waals surface area contributed by atoms with Crippen LogP contribution in [0.4, 0.5) is 5.69 Å². The average Bonchev–Trinajstić information content (AvgIpc) is 2.88.